The zero-order valence-corrected chi connectivity index (χ0v) is 21.2. The van der Waals surface area contributed by atoms with Crippen LogP contribution in [0.1, 0.15) is 30.0 Å². The first kappa shape index (κ1) is 25.0. The van der Waals surface area contributed by atoms with Gasteiger partial charge in [-0.3, -0.25) is 4.90 Å². The van der Waals surface area contributed by atoms with E-state index in [1.807, 2.05) is 18.2 Å². The summed E-state index contributed by atoms with van der Waals surface area (Å²) in [4.78, 5) is 10.7. The molecule has 5 nitrogen and oxygen atoms in total. The van der Waals surface area contributed by atoms with Gasteiger partial charge in [-0.2, -0.15) is 0 Å². The number of hydrogen-bond donors (Lipinski definition) is 0. The van der Waals surface area contributed by atoms with Gasteiger partial charge in [0.1, 0.15) is 12.3 Å². The topological polar surface area (TPSA) is 37.3 Å². The first-order valence-electron chi connectivity index (χ1n) is 12.5. The molecule has 4 rings (SSSR count). The van der Waals surface area contributed by atoms with Crippen molar-refractivity contribution < 1.29 is 9.57 Å². The lowest BCUT2D eigenvalue weighted by atomic mass is 9.79. The molecule has 1 fully saturated rings. The normalized spacial score (nSPS) is 16.2. The van der Waals surface area contributed by atoms with Crippen molar-refractivity contribution in [1.29, 1.82) is 0 Å². The molecule has 0 aromatic heterocycles. The first-order valence-corrected chi connectivity index (χ1v) is 12.5. The minimum atomic E-state index is -0.321. The van der Waals surface area contributed by atoms with Crippen LogP contribution in [0.15, 0.2) is 90.1 Å². The van der Waals surface area contributed by atoms with Gasteiger partial charge in [-0.15, -0.1) is 0 Å². The third-order valence-electron chi connectivity index (χ3n) is 6.97. The second kappa shape index (κ2) is 12.0. The highest BCUT2D eigenvalue weighted by Crippen LogP contribution is 2.30. The van der Waals surface area contributed by atoms with E-state index in [-0.39, 0.29) is 5.54 Å². The second-order valence-corrected chi connectivity index (χ2v) is 9.29. The van der Waals surface area contributed by atoms with Crippen LogP contribution < -0.4 is 4.90 Å². The maximum Gasteiger partial charge on any atom is 0.142 e. The van der Waals surface area contributed by atoms with Gasteiger partial charge in [-0.25, -0.2) is 0 Å². The molecule has 0 saturated carbocycles. The highest BCUT2D eigenvalue weighted by Gasteiger charge is 2.38. The number of hydrogen-bond acceptors (Lipinski definition) is 5. The lowest BCUT2D eigenvalue weighted by Gasteiger charge is -2.40. The summed E-state index contributed by atoms with van der Waals surface area (Å²) in [5, 5.41) is 4.83. The SMILES string of the molecule is CCC(Cc1ccccc1)(C(=NOCc1ccccc1)c1ccc(N2CCOCC2)cc1)N(C)C. The summed E-state index contributed by atoms with van der Waals surface area (Å²) in [5.74, 6) is 0. The Kier molecular flexibility index (Phi) is 8.56. The van der Waals surface area contributed by atoms with Crippen LogP contribution in [0.4, 0.5) is 5.69 Å². The highest BCUT2D eigenvalue weighted by molar-refractivity contribution is 6.07. The lowest BCUT2D eigenvalue weighted by Crippen LogP contribution is -2.53. The Morgan fingerprint density at radius 1 is 0.886 bits per heavy atom. The van der Waals surface area contributed by atoms with Crippen molar-refractivity contribution in [3.63, 3.8) is 0 Å². The van der Waals surface area contributed by atoms with Crippen molar-refractivity contribution in [1.82, 2.24) is 4.90 Å². The molecular weight excluding hydrogens is 434 g/mol. The Morgan fingerprint density at radius 3 is 2.06 bits per heavy atom. The van der Waals surface area contributed by atoms with Gasteiger partial charge < -0.3 is 14.5 Å². The molecule has 0 N–H and O–H groups in total. The van der Waals surface area contributed by atoms with E-state index in [1.165, 1.54) is 11.3 Å². The molecular formula is C30H37N3O2. The molecule has 1 unspecified atom stereocenters. The number of rotatable bonds is 10. The number of ether oxygens (including phenoxy) is 1. The average molecular weight is 472 g/mol. The number of likely N-dealkylation sites (N-methyl/N-ethyl adjacent to an activating group) is 1. The molecule has 3 aromatic carbocycles. The average Bonchev–Trinajstić information content (AvgIpc) is 2.92. The van der Waals surface area contributed by atoms with Crippen molar-refractivity contribution in [2.75, 3.05) is 45.3 Å². The van der Waals surface area contributed by atoms with Gasteiger partial charge in [0.25, 0.3) is 0 Å². The monoisotopic (exact) mass is 471 g/mol. The number of nitrogens with zero attached hydrogens (tertiary/aromatic N) is 3. The molecule has 0 amide bonds. The third kappa shape index (κ3) is 6.11. The van der Waals surface area contributed by atoms with Gasteiger partial charge in [0, 0.05) is 24.3 Å². The van der Waals surface area contributed by atoms with Crippen molar-refractivity contribution in [2.24, 2.45) is 5.16 Å². The Balaban J connectivity index is 1.69. The van der Waals surface area contributed by atoms with Crippen LogP contribution in [-0.2, 0) is 22.6 Å². The fourth-order valence-electron chi connectivity index (χ4n) is 4.80. The van der Waals surface area contributed by atoms with Crippen LogP contribution in [0.5, 0.6) is 0 Å². The minimum absolute atomic E-state index is 0.321. The molecule has 184 valence electrons. The van der Waals surface area contributed by atoms with E-state index in [0.717, 1.165) is 56.0 Å². The van der Waals surface area contributed by atoms with Crippen LogP contribution >= 0.6 is 0 Å². The molecule has 0 radical (unpaired) electrons. The Bertz CT molecular complexity index is 1060. The largest absolute Gasteiger partial charge is 0.391 e. The smallest absolute Gasteiger partial charge is 0.142 e. The summed E-state index contributed by atoms with van der Waals surface area (Å²) < 4.78 is 5.52. The van der Waals surface area contributed by atoms with Crippen molar-refractivity contribution in [2.45, 2.75) is 31.9 Å². The van der Waals surface area contributed by atoms with E-state index in [2.05, 4.69) is 97.5 Å². The highest BCUT2D eigenvalue weighted by atomic mass is 16.6. The van der Waals surface area contributed by atoms with Crippen molar-refractivity contribution in [3.05, 3.63) is 102 Å². The quantitative estimate of drug-likeness (QED) is 0.293. The zero-order valence-electron chi connectivity index (χ0n) is 21.2. The number of benzene rings is 3. The van der Waals surface area contributed by atoms with E-state index in [4.69, 9.17) is 14.7 Å². The summed E-state index contributed by atoms with van der Waals surface area (Å²) >= 11 is 0. The first-order chi connectivity index (χ1) is 17.1. The standard InChI is InChI=1S/C30H37N3O2/c1-4-30(32(2)3,23-25-11-7-5-8-12-25)29(31-35-24-26-13-9-6-10-14-26)27-15-17-28(18-16-27)33-19-21-34-22-20-33/h5-18H,4,19-24H2,1-3H3. The summed E-state index contributed by atoms with van der Waals surface area (Å²) in [6.45, 7) is 6.07. The molecule has 1 aliphatic rings. The number of morpholine rings is 1. The van der Waals surface area contributed by atoms with Crippen LogP contribution in [0.3, 0.4) is 0 Å². The maximum absolute atomic E-state index is 6.01. The summed E-state index contributed by atoms with van der Waals surface area (Å²) in [6.07, 6.45) is 1.74. The molecule has 0 spiro atoms. The van der Waals surface area contributed by atoms with Gasteiger partial charge in [0.15, 0.2) is 0 Å². The Morgan fingerprint density at radius 2 is 1.49 bits per heavy atom. The van der Waals surface area contributed by atoms with E-state index in [0.29, 0.717) is 6.61 Å². The van der Waals surface area contributed by atoms with Gasteiger partial charge >= 0.3 is 0 Å². The molecule has 35 heavy (non-hydrogen) atoms. The second-order valence-electron chi connectivity index (χ2n) is 9.29. The number of oxime groups is 1. The van der Waals surface area contributed by atoms with Gasteiger partial charge in [0.05, 0.1) is 18.8 Å². The van der Waals surface area contributed by atoms with E-state index in [1.54, 1.807) is 0 Å². The van der Waals surface area contributed by atoms with Gasteiger partial charge in [-0.1, -0.05) is 84.9 Å². The van der Waals surface area contributed by atoms with Crippen molar-refractivity contribution >= 4 is 11.4 Å². The van der Waals surface area contributed by atoms with Crippen molar-refractivity contribution in [3.8, 4) is 0 Å². The molecule has 1 saturated heterocycles. The maximum atomic E-state index is 6.01. The van der Waals surface area contributed by atoms with Gasteiger partial charge in [0.2, 0.25) is 0 Å². The Hall–Kier alpha value is -3.15. The molecule has 5 heteroatoms. The number of anilines is 1. The van der Waals surface area contributed by atoms with E-state index in [9.17, 15) is 0 Å². The molecule has 0 bridgehead atoms. The minimum Gasteiger partial charge on any atom is -0.391 e. The molecule has 1 atom stereocenters. The molecule has 0 aliphatic carbocycles. The van der Waals surface area contributed by atoms with Crippen LogP contribution in [0.25, 0.3) is 0 Å². The fourth-order valence-corrected chi connectivity index (χ4v) is 4.80. The Labute approximate surface area is 210 Å². The lowest BCUT2D eigenvalue weighted by molar-refractivity contribution is 0.122. The van der Waals surface area contributed by atoms with Crippen LogP contribution in [0.2, 0.25) is 0 Å². The third-order valence-corrected chi connectivity index (χ3v) is 6.97. The summed E-state index contributed by atoms with van der Waals surface area (Å²) in [5.41, 5.74) is 5.33. The predicted molar refractivity (Wildman–Crippen MR) is 144 cm³/mol. The zero-order chi connectivity index (χ0) is 24.5. The molecule has 1 aliphatic heterocycles. The van der Waals surface area contributed by atoms with Gasteiger partial charge in [-0.05, 0) is 50.2 Å². The van der Waals surface area contributed by atoms with E-state index >= 15 is 0 Å². The predicted octanol–water partition coefficient (Wildman–Crippen LogP) is 5.40. The summed E-state index contributed by atoms with van der Waals surface area (Å²) in [6, 6.07) is 29.6. The van der Waals surface area contributed by atoms with E-state index < -0.39 is 0 Å². The molecule has 1 heterocycles. The fraction of sp³-hybridized carbons (Fsp3) is 0.367. The van der Waals surface area contributed by atoms with Crippen LogP contribution in [0, 0.1) is 0 Å². The van der Waals surface area contributed by atoms with Crippen LogP contribution in [-0.4, -0.2) is 56.5 Å². The summed E-state index contributed by atoms with van der Waals surface area (Å²) in [7, 11) is 4.28. The molecule has 3 aromatic rings.